The molecule has 0 rings (SSSR count). The second-order valence-electron chi connectivity index (χ2n) is 0. The van der Waals surface area contributed by atoms with E-state index in [0.29, 0.717) is 0 Å². The Morgan fingerprint density at radius 1 is 1.20 bits per heavy atom. The normalized spacial score (nSPS) is 0. The Hall–Kier alpha value is 4.34. The smallest absolute Gasteiger partial charge is 0 e. The Bertz CT molecular complexity index is 15.5. The molecule has 0 aromatic heterocycles. The molecule has 0 atom stereocenters. The van der Waals surface area contributed by atoms with Crippen LogP contribution >= 0.6 is 0 Å². The van der Waals surface area contributed by atoms with Crippen LogP contribution in [0.2, 0.25) is 0 Å². The summed E-state index contributed by atoms with van der Waals surface area (Å²) in [5.74, 6) is 0. The van der Waals surface area contributed by atoms with E-state index in [0.717, 1.165) is 0 Å². The average Bonchev–Trinajstić information content (AvgIpc) is 0. The van der Waals surface area contributed by atoms with Crippen LogP contribution in [0.5, 0.6) is 0 Å². The van der Waals surface area contributed by atoms with Crippen molar-refractivity contribution in [3.05, 3.63) is 0 Å². The molecule has 0 aromatic carbocycles. The van der Waals surface area contributed by atoms with Crippen molar-refractivity contribution < 1.29 is 113 Å². The summed E-state index contributed by atoms with van der Waals surface area (Å²) >= 11 is 0. The number of hydrogen-bond donors (Lipinski definition) is 0. The van der Waals surface area contributed by atoms with E-state index < -0.39 is 0 Å². The number of rotatable bonds is 0. The van der Waals surface area contributed by atoms with Crippen molar-refractivity contribution >= 4 is 25.8 Å². The summed E-state index contributed by atoms with van der Waals surface area (Å²) in [6.45, 7) is 0. The van der Waals surface area contributed by atoms with Gasteiger partial charge in [0, 0.05) is 53.7 Å². The van der Waals surface area contributed by atoms with Gasteiger partial charge in [-0.3, -0.25) is 0 Å². The second kappa shape index (κ2) is 23.9. The largest absolute Gasteiger partial charge is 1.00 e. The average molecular weight is 508 g/mol. The van der Waals surface area contributed by atoms with Crippen LogP contribution in [0.15, 0.2) is 0 Å². The van der Waals surface area contributed by atoms with Gasteiger partial charge in [-0.2, -0.15) is 0 Å². The Kier molecular flexibility index (Phi) is 165. The fraction of sp³-hybridized carbons (Fsp3) is 0. The monoisotopic (exact) mass is 508 g/mol. The summed E-state index contributed by atoms with van der Waals surface area (Å²) in [6, 6.07) is 0. The predicted octanol–water partition coefficient (Wildman–Crippen LogP) is -4.07. The molecule has 0 N–H and O–H groups in total. The maximum atomic E-state index is 0. The number of hydrogen-bond acceptors (Lipinski definition) is 0. The van der Waals surface area contributed by atoms with Gasteiger partial charge in [0.25, 0.3) is 0 Å². The standard InChI is InChI=1S/Co.In.Ni.Rb.Re.4H/q;;;+1;;;;;-1. The molecule has 5 heteroatoms. The minimum atomic E-state index is 0. The fourth-order valence-corrected chi connectivity index (χ4v) is 0. The van der Waals surface area contributed by atoms with Crippen LogP contribution < -0.4 is 58.2 Å². The van der Waals surface area contributed by atoms with Crippen LogP contribution in [0.3, 0.4) is 0 Å². The summed E-state index contributed by atoms with van der Waals surface area (Å²) in [6.07, 6.45) is 0. The molecule has 2 radical (unpaired) electrons. The van der Waals surface area contributed by atoms with E-state index in [1.54, 1.807) is 0 Å². The maximum absolute atomic E-state index is 0. The summed E-state index contributed by atoms with van der Waals surface area (Å²) in [4.78, 5) is 0. The molecule has 0 aromatic rings. The first-order valence-corrected chi connectivity index (χ1v) is 0. The molecule has 0 unspecified atom stereocenters. The molecule has 0 aliphatic rings. The molecule has 0 saturated heterocycles. The van der Waals surface area contributed by atoms with Crippen LogP contribution in [0.1, 0.15) is 1.43 Å². The van der Waals surface area contributed by atoms with Crippen molar-refractivity contribution in [2.45, 2.75) is 0 Å². The topological polar surface area (TPSA) is 0 Å². The molecule has 0 aliphatic carbocycles. The van der Waals surface area contributed by atoms with E-state index >= 15 is 0 Å². The Morgan fingerprint density at radius 3 is 1.20 bits per heavy atom. The molecular formula is H4CoInNiRbRe. The van der Waals surface area contributed by atoms with Crippen molar-refractivity contribution in [1.82, 2.24) is 0 Å². The summed E-state index contributed by atoms with van der Waals surface area (Å²) in [7, 11) is 0. The summed E-state index contributed by atoms with van der Waals surface area (Å²) < 4.78 is 0. The van der Waals surface area contributed by atoms with Crippen molar-refractivity contribution in [3.8, 4) is 0 Å². The maximum Gasteiger partial charge on any atom is 1.00 e. The van der Waals surface area contributed by atoms with Crippen molar-refractivity contribution in [3.63, 3.8) is 0 Å². The zero-order valence-corrected chi connectivity index (χ0v) is 11.7. The minimum Gasteiger partial charge on any atom is 0 e. The van der Waals surface area contributed by atoms with E-state index in [4.69, 9.17) is 0 Å². The molecule has 34 valence electrons. The summed E-state index contributed by atoms with van der Waals surface area (Å²) in [5.41, 5.74) is 0. The van der Waals surface area contributed by atoms with E-state index in [9.17, 15) is 0 Å². The van der Waals surface area contributed by atoms with Crippen LogP contribution in [0.25, 0.3) is 0 Å². The van der Waals surface area contributed by atoms with E-state index in [-0.39, 0.29) is 139 Å². The SMILES string of the molecule is [Co].[H-].[InH3].[Ni].[Rb+].[Re]. The molecule has 0 spiro atoms. The molecule has 0 bridgehead atoms. The third kappa shape index (κ3) is 17.8. The van der Waals surface area contributed by atoms with Gasteiger partial charge in [-0.05, 0) is 0 Å². The van der Waals surface area contributed by atoms with Gasteiger partial charge < -0.3 is 1.43 Å². The van der Waals surface area contributed by atoms with Gasteiger partial charge in [0.1, 0.15) is 0 Å². The molecule has 5 heavy (non-hydrogen) atoms. The molecule has 0 amide bonds. The van der Waals surface area contributed by atoms with Crippen LogP contribution in [0, 0.1) is 0 Å². The zero-order valence-electron chi connectivity index (χ0n) is 3.03. The molecular weight excluding hydrogens is 504 g/mol. The van der Waals surface area contributed by atoms with Gasteiger partial charge in [0.15, 0.2) is 0 Å². The third-order valence-electron chi connectivity index (χ3n) is 0. The van der Waals surface area contributed by atoms with Gasteiger partial charge in [-0.15, -0.1) is 0 Å². The minimum absolute atomic E-state index is 0. The predicted molar refractivity (Wildman–Crippen MR) is 11.1 cm³/mol. The third-order valence-corrected chi connectivity index (χ3v) is 0. The van der Waals surface area contributed by atoms with E-state index in [1.165, 1.54) is 0 Å². The van der Waals surface area contributed by atoms with Crippen molar-refractivity contribution in [2.75, 3.05) is 0 Å². The Balaban J connectivity index is 0. The van der Waals surface area contributed by atoms with Crippen LogP contribution in [-0.2, 0) is 53.7 Å². The fourth-order valence-electron chi connectivity index (χ4n) is 0. The first-order valence-electron chi connectivity index (χ1n) is 0. The molecule has 0 fully saturated rings. The first-order chi connectivity index (χ1) is 0. The van der Waals surface area contributed by atoms with Gasteiger partial charge in [-0.1, -0.05) is 0 Å². The van der Waals surface area contributed by atoms with Crippen LogP contribution in [-0.4, -0.2) is 25.8 Å². The first kappa shape index (κ1) is 34.5. The van der Waals surface area contributed by atoms with Gasteiger partial charge in [0.2, 0.25) is 0 Å². The van der Waals surface area contributed by atoms with Crippen molar-refractivity contribution in [1.29, 1.82) is 0 Å². The Morgan fingerprint density at radius 2 is 1.20 bits per heavy atom. The second-order valence-corrected chi connectivity index (χ2v) is 0. The molecule has 0 nitrogen and oxygen atoms in total. The van der Waals surface area contributed by atoms with E-state index in [1.807, 2.05) is 0 Å². The van der Waals surface area contributed by atoms with Gasteiger partial charge in [0.05, 0.1) is 0 Å². The molecule has 0 saturated carbocycles. The molecule has 0 aliphatic heterocycles. The van der Waals surface area contributed by atoms with E-state index in [2.05, 4.69) is 0 Å². The Labute approximate surface area is 135 Å². The van der Waals surface area contributed by atoms with Crippen molar-refractivity contribution in [2.24, 2.45) is 0 Å². The van der Waals surface area contributed by atoms with Gasteiger partial charge >= 0.3 is 84.0 Å². The zero-order chi connectivity index (χ0) is 0. The van der Waals surface area contributed by atoms with Crippen LogP contribution in [0.4, 0.5) is 0 Å². The van der Waals surface area contributed by atoms with Gasteiger partial charge in [-0.25, -0.2) is 0 Å². The quantitative estimate of drug-likeness (QED) is 0.293. The summed E-state index contributed by atoms with van der Waals surface area (Å²) in [5, 5.41) is 0. The molecule has 0 heterocycles.